The van der Waals surface area contributed by atoms with Gasteiger partial charge in [-0.1, -0.05) is 28.0 Å². The van der Waals surface area contributed by atoms with Crippen LogP contribution in [0, 0.1) is 19.3 Å². The Morgan fingerprint density at radius 2 is 1.91 bits per heavy atom. The van der Waals surface area contributed by atoms with Gasteiger partial charge in [0.2, 0.25) is 0 Å². The number of nitrogens with one attached hydrogen (secondary N) is 1. The number of fused-ring (bicyclic) bond motifs is 4. The highest BCUT2D eigenvalue weighted by atomic mass is 32.3. The monoisotopic (exact) mass is 486 g/mol. The molecule has 2 heterocycles. The number of H-pyrrole nitrogens is 1. The molecule has 1 aliphatic rings. The molecule has 0 saturated heterocycles. The van der Waals surface area contributed by atoms with E-state index in [0.29, 0.717) is 16.3 Å². The number of hydrogen-bond acceptors (Lipinski definition) is 4. The number of terminal acetylenes is 1. The second-order valence-corrected chi connectivity index (χ2v) is 9.83. The average molecular weight is 487 g/mol. The van der Waals surface area contributed by atoms with Gasteiger partial charge in [0.05, 0.1) is 10.9 Å². The Morgan fingerprint density at radius 1 is 1.11 bits per heavy atom. The molecule has 0 bridgehead atoms. The van der Waals surface area contributed by atoms with E-state index < -0.39 is 10.5 Å². The van der Waals surface area contributed by atoms with Gasteiger partial charge in [-0.2, -0.15) is 8.42 Å². The molecule has 0 spiro atoms. The van der Waals surface area contributed by atoms with Gasteiger partial charge < -0.3 is 13.7 Å². The van der Waals surface area contributed by atoms with Crippen LogP contribution >= 0.6 is 0 Å². The first-order valence-corrected chi connectivity index (χ1v) is 12.4. The molecule has 35 heavy (non-hydrogen) atoms. The Hall–Kier alpha value is -4.09. The van der Waals surface area contributed by atoms with Crippen molar-refractivity contribution >= 4 is 43.3 Å². The molecule has 0 unspecified atom stereocenters. The molecule has 0 amide bonds. The summed E-state index contributed by atoms with van der Waals surface area (Å²) in [7, 11) is -5.14. The van der Waals surface area contributed by atoms with Gasteiger partial charge >= 0.3 is 10.5 Å². The summed E-state index contributed by atoms with van der Waals surface area (Å²) in [6.45, 7) is 1.88. The van der Waals surface area contributed by atoms with E-state index in [1.54, 1.807) is 12.1 Å². The lowest BCUT2D eigenvalue weighted by Crippen LogP contribution is -2.11. The van der Waals surface area contributed by atoms with E-state index in [1.165, 1.54) is 12.1 Å². The van der Waals surface area contributed by atoms with E-state index in [2.05, 4.69) is 19.7 Å². The van der Waals surface area contributed by atoms with Crippen molar-refractivity contribution in [1.29, 1.82) is 0 Å². The van der Waals surface area contributed by atoms with Crippen molar-refractivity contribution < 1.29 is 16.5 Å². The van der Waals surface area contributed by atoms with E-state index in [4.69, 9.17) is 6.42 Å². The summed E-state index contributed by atoms with van der Waals surface area (Å²) >= 11 is 0. The molecule has 1 aliphatic carbocycles. The van der Waals surface area contributed by atoms with Crippen LogP contribution in [0.2, 0.25) is 0 Å². The van der Waals surface area contributed by atoms with Crippen molar-refractivity contribution in [3.05, 3.63) is 75.9 Å². The molecular formula is C27H19FN2O4S. The summed E-state index contributed by atoms with van der Waals surface area (Å²) in [6, 6.07) is 15.9. The Bertz CT molecular complexity index is 1910. The lowest BCUT2D eigenvalue weighted by molar-refractivity contribution is 0.440. The van der Waals surface area contributed by atoms with Crippen molar-refractivity contribution in [3.8, 4) is 29.2 Å². The standard InChI is InChI=1S/C27H19FN2O4S/c1-3-16-7-10-20-23(12-16)29-27-25(20)26(31)22-11-15(2)21(14-24(22)30(27)18-8-9-18)17-5-4-6-19(13-17)34-35(28,32)33/h1,4-7,10-14,18,29H,8-9H2,2H3. The maximum atomic E-state index is 13.7. The van der Waals surface area contributed by atoms with Gasteiger partial charge in [-0.05, 0) is 72.9 Å². The molecular weight excluding hydrogens is 467 g/mol. The summed E-state index contributed by atoms with van der Waals surface area (Å²) in [6.07, 6.45) is 7.57. The Labute approximate surface area is 200 Å². The van der Waals surface area contributed by atoms with E-state index in [0.717, 1.165) is 51.6 Å². The fourth-order valence-electron chi connectivity index (χ4n) is 4.87. The second kappa shape index (κ2) is 7.45. The number of pyridine rings is 1. The zero-order chi connectivity index (χ0) is 24.5. The molecule has 0 aliphatic heterocycles. The zero-order valence-corrected chi connectivity index (χ0v) is 19.4. The Balaban J connectivity index is 1.66. The number of rotatable bonds is 4. The van der Waals surface area contributed by atoms with E-state index in [9.17, 15) is 17.1 Å². The number of aromatic amines is 1. The van der Waals surface area contributed by atoms with E-state index >= 15 is 0 Å². The average Bonchev–Trinajstić information content (AvgIpc) is 3.57. The maximum absolute atomic E-state index is 13.7. The van der Waals surface area contributed by atoms with Crippen LogP contribution in [-0.2, 0) is 10.5 Å². The summed E-state index contributed by atoms with van der Waals surface area (Å²) < 4.78 is 41.6. The minimum atomic E-state index is -5.14. The first kappa shape index (κ1) is 21.4. The number of aryl methyl sites for hydroxylation is 1. The summed E-state index contributed by atoms with van der Waals surface area (Å²) in [5.41, 5.74) is 5.27. The van der Waals surface area contributed by atoms with Crippen molar-refractivity contribution in [2.75, 3.05) is 0 Å². The van der Waals surface area contributed by atoms with Crippen molar-refractivity contribution in [1.82, 2.24) is 9.55 Å². The zero-order valence-electron chi connectivity index (χ0n) is 18.6. The third-order valence-electron chi connectivity index (χ3n) is 6.51. The lowest BCUT2D eigenvalue weighted by atomic mass is 9.97. The lowest BCUT2D eigenvalue weighted by Gasteiger charge is -2.16. The quantitative estimate of drug-likeness (QED) is 0.268. The molecule has 1 saturated carbocycles. The van der Waals surface area contributed by atoms with E-state index in [1.807, 2.05) is 37.3 Å². The van der Waals surface area contributed by atoms with Gasteiger partial charge in [-0.15, -0.1) is 6.42 Å². The summed E-state index contributed by atoms with van der Waals surface area (Å²) in [5.74, 6) is 2.51. The van der Waals surface area contributed by atoms with Gasteiger partial charge in [0.1, 0.15) is 11.4 Å². The third-order valence-corrected chi connectivity index (χ3v) is 6.90. The molecule has 8 heteroatoms. The van der Waals surface area contributed by atoms with Gasteiger partial charge in [0.25, 0.3) is 0 Å². The SMILES string of the molecule is C#Cc1ccc2c(c1)[nH]c1c2c(=O)c2cc(C)c(-c3cccc(OS(=O)(=O)F)c3)cc2n1C1CC1. The van der Waals surface area contributed by atoms with Crippen LogP contribution in [0.4, 0.5) is 3.89 Å². The minimum Gasteiger partial charge on any atom is -0.358 e. The molecule has 2 aromatic heterocycles. The topological polar surface area (TPSA) is 81.2 Å². The molecule has 0 radical (unpaired) electrons. The van der Waals surface area contributed by atoms with Crippen LogP contribution in [0.15, 0.2) is 59.4 Å². The number of aromatic nitrogens is 2. The number of halogens is 1. The van der Waals surface area contributed by atoms with Crippen LogP contribution in [0.1, 0.15) is 30.0 Å². The molecule has 3 aromatic carbocycles. The summed E-state index contributed by atoms with van der Waals surface area (Å²) in [5, 5.41) is 2.07. The van der Waals surface area contributed by atoms with Crippen LogP contribution in [0.3, 0.4) is 0 Å². The van der Waals surface area contributed by atoms with Gasteiger partial charge in [-0.25, -0.2) is 0 Å². The molecule has 174 valence electrons. The van der Waals surface area contributed by atoms with Crippen LogP contribution in [0.25, 0.3) is 44.0 Å². The third kappa shape index (κ3) is 3.56. The highest BCUT2D eigenvalue weighted by Gasteiger charge is 2.29. The second-order valence-electron chi connectivity index (χ2n) is 8.87. The predicted molar refractivity (Wildman–Crippen MR) is 135 cm³/mol. The fourth-order valence-corrected chi connectivity index (χ4v) is 5.20. The Kier molecular flexibility index (Phi) is 4.57. The molecule has 1 N–H and O–H groups in total. The highest BCUT2D eigenvalue weighted by molar-refractivity contribution is 7.81. The van der Waals surface area contributed by atoms with Crippen LogP contribution < -0.4 is 9.61 Å². The van der Waals surface area contributed by atoms with E-state index in [-0.39, 0.29) is 17.2 Å². The van der Waals surface area contributed by atoms with Crippen LogP contribution in [-0.4, -0.2) is 18.0 Å². The molecule has 0 atom stereocenters. The van der Waals surface area contributed by atoms with Gasteiger partial charge in [0.15, 0.2) is 5.43 Å². The Morgan fingerprint density at radius 3 is 2.63 bits per heavy atom. The largest absolute Gasteiger partial charge is 0.488 e. The maximum Gasteiger partial charge on any atom is 0.488 e. The highest BCUT2D eigenvalue weighted by Crippen LogP contribution is 2.41. The first-order valence-electron chi connectivity index (χ1n) is 11.1. The predicted octanol–water partition coefficient (Wildman–Crippen LogP) is 5.52. The summed E-state index contributed by atoms with van der Waals surface area (Å²) in [4.78, 5) is 17.1. The fraction of sp³-hybridized carbons (Fsp3) is 0.148. The van der Waals surface area contributed by atoms with Crippen molar-refractivity contribution in [2.24, 2.45) is 0 Å². The molecule has 6 nitrogen and oxygen atoms in total. The molecule has 5 aromatic rings. The van der Waals surface area contributed by atoms with Gasteiger partial charge in [0, 0.05) is 27.9 Å². The molecule has 1 fully saturated rings. The normalized spacial score (nSPS) is 14.0. The number of nitrogens with zero attached hydrogens (tertiary/aromatic N) is 1. The van der Waals surface area contributed by atoms with Crippen LogP contribution in [0.5, 0.6) is 5.75 Å². The number of benzene rings is 3. The first-order chi connectivity index (χ1) is 16.7. The number of hydrogen-bond donors (Lipinski definition) is 1. The molecule has 6 rings (SSSR count). The van der Waals surface area contributed by atoms with Gasteiger partial charge in [-0.3, -0.25) is 4.79 Å². The minimum absolute atomic E-state index is 0.0677. The smallest absolute Gasteiger partial charge is 0.358 e. The van der Waals surface area contributed by atoms with Crippen molar-refractivity contribution in [2.45, 2.75) is 25.8 Å². The van der Waals surface area contributed by atoms with Crippen molar-refractivity contribution in [3.63, 3.8) is 0 Å².